The number of nitrogens with one attached hydrogen (secondary N) is 1. The molecule has 1 N–H and O–H groups in total. The minimum atomic E-state index is -3.53. The molecule has 1 aromatic heterocycles. The third-order valence-electron chi connectivity index (χ3n) is 5.28. The number of amides is 1. The van der Waals surface area contributed by atoms with E-state index >= 15 is 0 Å². The fraction of sp³-hybridized carbons (Fsp3) is 0.429. The van der Waals surface area contributed by atoms with Gasteiger partial charge in [-0.2, -0.15) is 0 Å². The second-order valence-electron chi connectivity index (χ2n) is 7.42. The lowest BCUT2D eigenvalue weighted by Crippen LogP contribution is -2.41. The first-order valence-corrected chi connectivity index (χ1v) is 12.4. The molecule has 0 unspecified atom stereocenters. The fourth-order valence-corrected chi connectivity index (χ4v) is 5.52. The molecule has 1 amide bonds. The summed E-state index contributed by atoms with van der Waals surface area (Å²) in [5.74, 6) is 0.213. The Morgan fingerprint density at radius 3 is 2.62 bits per heavy atom. The molecular weight excluding hydrogens is 406 g/mol. The number of pyridine rings is 1. The average Bonchev–Trinajstić information content (AvgIpc) is 2.72. The van der Waals surface area contributed by atoms with Gasteiger partial charge < -0.3 is 4.90 Å². The van der Waals surface area contributed by atoms with E-state index in [2.05, 4.69) is 9.71 Å². The predicted molar refractivity (Wildman–Crippen MR) is 116 cm³/mol. The number of thioether (sulfide) groups is 1. The molecule has 0 bridgehead atoms. The Kier molecular flexibility index (Phi) is 6.97. The molecule has 3 rings (SSSR count). The molecule has 1 saturated heterocycles. The molecule has 1 aliphatic heterocycles. The molecule has 0 spiro atoms. The van der Waals surface area contributed by atoms with Gasteiger partial charge in [-0.1, -0.05) is 17.7 Å². The molecule has 29 heavy (non-hydrogen) atoms. The number of likely N-dealkylation sites (tertiary alicyclic amines) is 1. The van der Waals surface area contributed by atoms with Crippen LogP contribution in [-0.4, -0.2) is 50.1 Å². The zero-order valence-corrected chi connectivity index (χ0v) is 18.6. The van der Waals surface area contributed by atoms with Gasteiger partial charge >= 0.3 is 0 Å². The summed E-state index contributed by atoms with van der Waals surface area (Å²) in [7, 11) is -3.53. The summed E-state index contributed by atoms with van der Waals surface area (Å²) in [6.07, 6.45) is 5.15. The molecule has 1 aromatic carbocycles. The molecule has 2 heterocycles. The minimum Gasteiger partial charge on any atom is -0.339 e. The van der Waals surface area contributed by atoms with Gasteiger partial charge in [0.25, 0.3) is 5.91 Å². The van der Waals surface area contributed by atoms with Crippen molar-refractivity contribution in [1.29, 1.82) is 0 Å². The molecule has 8 heteroatoms. The smallest absolute Gasteiger partial charge is 0.256 e. The summed E-state index contributed by atoms with van der Waals surface area (Å²) in [5, 5.41) is 0.737. The quantitative estimate of drug-likeness (QED) is 0.708. The number of aryl methyl sites for hydroxylation is 2. The molecular formula is C21H27N3O3S2. The Labute approximate surface area is 177 Å². The number of piperidine rings is 1. The number of sulfonamides is 1. The summed E-state index contributed by atoms with van der Waals surface area (Å²) in [5.41, 5.74) is 2.42. The summed E-state index contributed by atoms with van der Waals surface area (Å²) < 4.78 is 28.1. The predicted octanol–water partition coefficient (Wildman–Crippen LogP) is 3.25. The highest BCUT2D eigenvalue weighted by atomic mass is 32.2. The number of hydrogen-bond donors (Lipinski definition) is 1. The first kappa shape index (κ1) is 21.8. The largest absolute Gasteiger partial charge is 0.339 e. The van der Waals surface area contributed by atoms with Crippen molar-refractivity contribution in [2.45, 2.75) is 36.6 Å². The van der Waals surface area contributed by atoms with Crippen LogP contribution >= 0.6 is 11.8 Å². The number of hydrogen-bond acceptors (Lipinski definition) is 5. The highest BCUT2D eigenvalue weighted by Crippen LogP contribution is 2.23. The first-order chi connectivity index (χ1) is 13.8. The molecule has 2 aromatic rings. The molecule has 0 saturated carbocycles. The molecule has 0 radical (unpaired) electrons. The van der Waals surface area contributed by atoms with Crippen LogP contribution in [0.2, 0.25) is 0 Å². The number of carbonyl (C=O) groups is 1. The summed E-state index contributed by atoms with van der Waals surface area (Å²) in [4.78, 5) is 19.2. The highest BCUT2D eigenvalue weighted by Gasteiger charge is 2.26. The number of aromatic nitrogens is 1. The second kappa shape index (κ2) is 9.28. The van der Waals surface area contributed by atoms with E-state index in [1.54, 1.807) is 18.3 Å². The van der Waals surface area contributed by atoms with E-state index in [4.69, 9.17) is 0 Å². The van der Waals surface area contributed by atoms with Gasteiger partial charge in [0.2, 0.25) is 10.0 Å². The molecule has 0 atom stereocenters. The van der Waals surface area contributed by atoms with Crippen LogP contribution in [0, 0.1) is 19.8 Å². The third kappa shape index (κ3) is 5.18. The van der Waals surface area contributed by atoms with Crippen LogP contribution in [0.15, 0.2) is 46.5 Å². The zero-order chi connectivity index (χ0) is 21.0. The maximum Gasteiger partial charge on any atom is 0.256 e. The first-order valence-electron chi connectivity index (χ1n) is 9.67. The Bertz CT molecular complexity index is 984. The standard InChI is InChI=1S/C21H27N3O3S2/c1-15-6-7-19(16(2)13-15)29(26,27)23-14-17-8-11-24(12-9-17)21(25)18-5-4-10-22-20(18)28-3/h4-7,10,13,17,23H,8-9,11-12,14H2,1-3H3. The Morgan fingerprint density at radius 2 is 1.97 bits per heavy atom. The Hall–Kier alpha value is -1.90. The van der Waals surface area contributed by atoms with Gasteiger partial charge in [-0.15, -0.1) is 11.8 Å². The molecule has 0 aliphatic carbocycles. The molecule has 1 aliphatic rings. The maximum atomic E-state index is 12.8. The van der Waals surface area contributed by atoms with Crippen molar-refractivity contribution in [3.63, 3.8) is 0 Å². The van der Waals surface area contributed by atoms with Gasteiger partial charge in [0, 0.05) is 25.8 Å². The third-order valence-corrected chi connectivity index (χ3v) is 7.57. The van der Waals surface area contributed by atoms with Crippen LogP contribution < -0.4 is 4.72 Å². The van der Waals surface area contributed by atoms with Crippen molar-refractivity contribution in [3.05, 3.63) is 53.2 Å². The normalized spacial score (nSPS) is 15.5. The second-order valence-corrected chi connectivity index (χ2v) is 9.95. The lowest BCUT2D eigenvalue weighted by molar-refractivity contribution is 0.0687. The van der Waals surface area contributed by atoms with Crippen LogP contribution in [0.4, 0.5) is 0 Å². The maximum absolute atomic E-state index is 12.8. The van der Waals surface area contributed by atoms with Crippen molar-refractivity contribution in [3.8, 4) is 0 Å². The van der Waals surface area contributed by atoms with Gasteiger partial charge in [0.1, 0.15) is 5.03 Å². The van der Waals surface area contributed by atoms with Gasteiger partial charge in [-0.05, 0) is 62.6 Å². The van der Waals surface area contributed by atoms with Crippen LogP contribution in [0.3, 0.4) is 0 Å². The van der Waals surface area contributed by atoms with Crippen molar-refractivity contribution >= 4 is 27.7 Å². The van der Waals surface area contributed by atoms with Crippen LogP contribution in [0.25, 0.3) is 0 Å². The number of carbonyl (C=O) groups excluding carboxylic acids is 1. The van der Waals surface area contributed by atoms with Gasteiger partial charge in [0.15, 0.2) is 0 Å². The van der Waals surface area contributed by atoms with Crippen molar-refractivity contribution in [2.75, 3.05) is 25.9 Å². The minimum absolute atomic E-state index is 0.00300. The lowest BCUT2D eigenvalue weighted by Gasteiger charge is -2.32. The molecule has 1 fully saturated rings. The van der Waals surface area contributed by atoms with Gasteiger partial charge in [-0.3, -0.25) is 4.79 Å². The fourth-order valence-electron chi connectivity index (χ4n) is 3.63. The van der Waals surface area contributed by atoms with E-state index in [1.165, 1.54) is 11.8 Å². The van der Waals surface area contributed by atoms with Gasteiger partial charge in [-0.25, -0.2) is 18.1 Å². The van der Waals surface area contributed by atoms with Crippen LogP contribution in [-0.2, 0) is 10.0 Å². The zero-order valence-electron chi connectivity index (χ0n) is 17.0. The van der Waals surface area contributed by atoms with Crippen molar-refractivity contribution < 1.29 is 13.2 Å². The van der Waals surface area contributed by atoms with Gasteiger partial charge in [0.05, 0.1) is 10.5 Å². The number of rotatable bonds is 6. The SMILES string of the molecule is CSc1ncccc1C(=O)N1CCC(CNS(=O)(=O)c2ccc(C)cc2C)CC1. The summed E-state index contributed by atoms with van der Waals surface area (Å²) >= 11 is 1.46. The van der Waals surface area contributed by atoms with Crippen molar-refractivity contribution in [2.24, 2.45) is 5.92 Å². The van der Waals surface area contributed by atoms with E-state index in [1.807, 2.05) is 43.2 Å². The summed E-state index contributed by atoms with van der Waals surface area (Å²) in [6.45, 7) is 5.39. The Morgan fingerprint density at radius 1 is 1.24 bits per heavy atom. The number of benzene rings is 1. The average molecular weight is 434 g/mol. The van der Waals surface area contributed by atoms with E-state index in [-0.39, 0.29) is 11.8 Å². The van der Waals surface area contributed by atoms with E-state index < -0.39 is 10.0 Å². The highest BCUT2D eigenvalue weighted by molar-refractivity contribution is 7.98. The number of nitrogens with zero attached hydrogens (tertiary/aromatic N) is 2. The van der Waals surface area contributed by atoms with E-state index in [0.717, 1.165) is 29.0 Å². The van der Waals surface area contributed by atoms with E-state index in [0.29, 0.717) is 30.1 Å². The molecule has 156 valence electrons. The molecule has 6 nitrogen and oxygen atoms in total. The summed E-state index contributed by atoms with van der Waals surface area (Å²) in [6, 6.07) is 8.94. The Balaban J connectivity index is 1.56. The van der Waals surface area contributed by atoms with E-state index in [9.17, 15) is 13.2 Å². The topological polar surface area (TPSA) is 79.4 Å². The van der Waals surface area contributed by atoms with Crippen molar-refractivity contribution in [1.82, 2.24) is 14.6 Å². The monoisotopic (exact) mass is 433 g/mol. The lowest BCUT2D eigenvalue weighted by atomic mass is 9.97. The van der Waals surface area contributed by atoms with Crippen LogP contribution in [0.1, 0.15) is 34.3 Å². The van der Waals surface area contributed by atoms with Crippen LogP contribution in [0.5, 0.6) is 0 Å².